The second kappa shape index (κ2) is 12.8. The van der Waals surface area contributed by atoms with Gasteiger partial charge in [0, 0.05) is 6.54 Å². The van der Waals surface area contributed by atoms with Gasteiger partial charge >= 0.3 is 12.1 Å². The highest BCUT2D eigenvalue weighted by Gasteiger charge is 2.17. The van der Waals surface area contributed by atoms with Gasteiger partial charge in [0.2, 0.25) is 0 Å². The Morgan fingerprint density at radius 2 is 1.55 bits per heavy atom. The van der Waals surface area contributed by atoms with E-state index in [4.69, 9.17) is 19.9 Å². The van der Waals surface area contributed by atoms with Gasteiger partial charge in [0.05, 0.1) is 0 Å². The molecule has 0 aliphatic rings. The highest BCUT2D eigenvalue weighted by molar-refractivity contribution is 5.75. The van der Waals surface area contributed by atoms with Crippen LogP contribution in [-0.4, -0.2) is 30.3 Å². The molecular formula is C26H36N2O5. The van der Waals surface area contributed by atoms with E-state index in [9.17, 15) is 9.59 Å². The first kappa shape index (κ1) is 26.2. The maximum atomic E-state index is 12.1. The lowest BCUT2D eigenvalue weighted by molar-refractivity contribution is -0.146. The highest BCUT2D eigenvalue weighted by atomic mass is 16.6. The molecule has 0 spiro atoms. The van der Waals surface area contributed by atoms with Gasteiger partial charge in [-0.2, -0.15) is 0 Å². The summed E-state index contributed by atoms with van der Waals surface area (Å²) in [4.78, 5) is 23.7. The number of amides is 1. The van der Waals surface area contributed by atoms with E-state index in [0.717, 1.165) is 16.9 Å². The van der Waals surface area contributed by atoms with E-state index >= 15 is 0 Å². The largest absolute Gasteiger partial charge is 0.489 e. The monoisotopic (exact) mass is 456 g/mol. The zero-order valence-electron chi connectivity index (χ0n) is 20.1. The molecule has 33 heavy (non-hydrogen) atoms. The standard InChI is InChI=1S/C26H36N2O5/c1-19-8-10-20(11-9-19)17-31-22-14-12-21(13-15-22)18-32-24(29)23(27)7-5-6-16-28-25(30)33-26(2,3)4/h8-15,23H,5-7,16-18,27H2,1-4H3,(H,28,30)/t23-/m1/s1. The van der Waals surface area contributed by atoms with Gasteiger partial charge in [-0.15, -0.1) is 0 Å². The number of carbonyl (C=O) groups is 2. The van der Waals surface area contributed by atoms with Crippen molar-refractivity contribution in [3.8, 4) is 5.75 Å². The van der Waals surface area contributed by atoms with E-state index in [2.05, 4.69) is 24.4 Å². The Hall–Kier alpha value is -3.06. The first-order valence-electron chi connectivity index (χ1n) is 11.3. The molecule has 7 heteroatoms. The van der Waals surface area contributed by atoms with Crippen molar-refractivity contribution in [1.82, 2.24) is 5.32 Å². The van der Waals surface area contributed by atoms with Crippen LogP contribution in [0.25, 0.3) is 0 Å². The number of unbranched alkanes of at least 4 members (excludes halogenated alkanes) is 1. The van der Waals surface area contributed by atoms with Crippen LogP contribution in [0.15, 0.2) is 48.5 Å². The Morgan fingerprint density at radius 3 is 2.18 bits per heavy atom. The molecule has 0 bridgehead atoms. The fourth-order valence-electron chi connectivity index (χ4n) is 2.91. The van der Waals surface area contributed by atoms with E-state index in [1.165, 1.54) is 5.56 Å². The first-order chi connectivity index (χ1) is 15.6. The minimum absolute atomic E-state index is 0.158. The average molecular weight is 457 g/mol. The van der Waals surface area contributed by atoms with Crippen LogP contribution < -0.4 is 15.8 Å². The maximum absolute atomic E-state index is 12.1. The zero-order valence-corrected chi connectivity index (χ0v) is 20.1. The van der Waals surface area contributed by atoms with Crippen molar-refractivity contribution in [3.05, 3.63) is 65.2 Å². The summed E-state index contributed by atoms with van der Waals surface area (Å²) in [6.07, 6.45) is 1.43. The zero-order chi connectivity index (χ0) is 24.3. The summed E-state index contributed by atoms with van der Waals surface area (Å²) in [6.45, 7) is 8.61. The van der Waals surface area contributed by atoms with Crippen LogP contribution in [0.4, 0.5) is 4.79 Å². The third-order valence-corrected chi connectivity index (χ3v) is 4.74. The predicted molar refractivity (Wildman–Crippen MR) is 128 cm³/mol. The summed E-state index contributed by atoms with van der Waals surface area (Å²) < 4.78 is 16.3. The van der Waals surface area contributed by atoms with E-state index in [1.54, 1.807) is 0 Å². The Bertz CT molecular complexity index is 873. The smallest absolute Gasteiger partial charge is 0.407 e. The molecule has 7 nitrogen and oxygen atoms in total. The van der Waals surface area contributed by atoms with Crippen LogP contribution in [0.1, 0.15) is 56.7 Å². The molecule has 180 valence electrons. The number of benzene rings is 2. The van der Waals surface area contributed by atoms with Gasteiger partial charge in [0.1, 0.15) is 30.6 Å². The second-order valence-electron chi connectivity index (χ2n) is 9.06. The number of nitrogens with two attached hydrogens (primary N) is 1. The summed E-state index contributed by atoms with van der Waals surface area (Å²) in [5.74, 6) is 0.317. The molecule has 0 saturated heterocycles. The molecule has 0 heterocycles. The molecule has 0 saturated carbocycles. The van der Waals surface area contributed by atoms with Crippen molar-refractivity contribution < 1.29 is 23.8 Å². The van der Waals surface area contributed by atoms with Crippen molar-refractivity contribution in [3.63, 3.8) is 0 Å². The maximum Gasteiger partial charge on any atom is 0.407 e. The average Bonchev–Trinajstić information content (AvgIpc) is 2.76. The Labute approximate surface area is 196 Å². The third-order valence-electron chi connectivity index (χ3n) is 4.74. The number of ether oxygens (including phenoxy) is 3. The number of hydrogen-bond acceptors (Lipinski definition) is 6. The number of rotatable bonds is 11. The van der Waals surface area contributed by atoms with Gasteiger partial charge in [-0.25, -0.2) is 4.79 Å². The molecule has 0 unspecified atom stereocenters. The molecule has 0 aliphatic carbocycles. The van der Waals surface area contributed by atoms with Crippen LogP contribution in [0.5, 0.6) is 5.75 Å². The lowest BCUT2D eigenvalue weighted by atomic mass is 10.1. The van der Waals surface area contributed by atoms with Crippen LogP contribution in [0.2, 0.25) is 0 Å². The van der Waals surface area contributed by atoms with Crippen LogP contribution in [0, 0.1) is 6.92 Å². The fourth-order valence-corrected chi connectivity index (χ4v) is 2.91. The molecule has 0 fully saturated rings. The Morgan fingerprint density at radius 1 is 0.939 bits per heavy atom. The van der Waals surface area contributed by atoms with E-state index < -0.39 is 23.7 Å². The van der Waals surface area contributed by atoms with Crippen molar-refractivity contribution >= 4 is 12.1 Å². The van der Waals surface area contributed by atoms with Crippen molar-refractivity contribution in [2.45, 2.75) is 71.8 Å². The number of alkyl carbamates (subject to hydrolysis) is 1. The number of carbonyl (C=O) groups excluding carboxylic acids is 2. The van der Waals surface area contributed by atoms with Crippen LogP contribution in [-0.2, 0) is 27.5 Å². The molecule has 2 rings (SSSR count). The van der Waals surface area contributed by atoms with Gasteiger partial charge in [0.15, 0.2) is 0 Å². The summed E-state index contributed by atoms with van der Waals surface area (Å²) in [5.41, 5.74) is 8.59. The molecule has 2 aromatic carbocycles. The van der Waals surface area contributed by atoms with Crippen molar-refractivity contribution in [2.24, 2.45) is 5.73 Å². The van der Waals surface area contributed by atoms with Gasteiger partial charge in [-0.3, -0.25) is 4.79 Å². The summed E-state index contributed by atoms with van der Waals surface area (Å²) in [7, 11) is 0. The number of hydrogen-bond donors (Lipinski definition) is 2. The number of aryl methyl sites for hydroxylation is 1. The Balaban J connectivity index is 1.61. The molecule has 3 N–H and O–H groups in total. The SMILES string of the molecule is Cc1ccc(COc2ccc(COC(=O)[C@H](N)CCCCNC(=O)OC(C)(C)C)cc2)cc1. The normalized spacial score (nSPS) is 12.0. The van der Waals surface area contributed by atoms with Crippen molar-refractivity contribution in [1.29, 1.82) is 0 Å². The van der Waals surface area contributed by atoms with Gasteiger partial charge in [0.25, 0.3) is 0 Å². The molecular weight excluding hydrogens is 420 g/mol. The molecule has 1 amide bonds. The van der Waals surface area contributed by atoms with Gasteiger partial charge in [-0.1, -0.05) is 42.0 Å². The van der Waals surface area contributed by atoms with Gasteiger partial charge in [-0.05, 0) is 70.2 Å². The van der Waals surface area contributed by atoms with Crippen molar-refractivity contribution in [2.75, 3.05) is 6.54 Å². The minimum Gasteiger partial charge on any atom is -0.489 e. The van der Waals surface area contributed by atoms with Crippen LogP contribution in [0.3, 0.4) is 0 Å². The van der Waals surface area contributed by atoms with Crippen LogP contribution >= 0.6 is 0 Å². The summed E-state index contributed by atoms with van der Waals surface area (Å²) >= 11 is 0. The first-order valence-corrected chi connectivity index (χ1v) is 11.3. The second-order valence-corrected chi connectivity index (χ2v) is 9.06. The third kappa shape index (κ3) is 10.9. The molecule has 1 atom stereocenters. The molecule has 0 aliphatic heterocycles. The number of esters is 1. The van der Waals surface area contributed by atoms with E-state index in [1.807, 2.05) is 57.2 Å². The molecule has 2 aromatic rings. The summed E-state index contributed by atoms with van der Waals surface area (Å²) in [6, 6.07) is 15.0. The predicted octanol–water partition coefficient (Wildman–Crippen LogP) is 4.64. The fraction of sp³-hybridized carbons (Fsp3) is 0.462. The minimum atomic E-state index is -0.691. The van der Waals surface area contributed by atoms with E-state index in [0.29, 0.717) is 32.4 Å². The quantitative estimate of drug-likeness (QED) is 0.377. The molecule has 0 aromatic heterocycles. The Kier molecular flexibility index (Phi) is 10.2. The van der Waals surface area contributed by atoms with Gasteiger partial charge < -0.3 is 25.3 Å². The highest BCUT2D eigenvalue weighted by Crippen LogP contribution is 2.15. The van der Waals surface area contributed by atoms with E-state index in [-0.39, 0.29) is 6.61 Å². The lowest BCUT2D eigenvalue weighted by Gasteiger charge is -2.19. The topological polar surface area (TPSA) is 99.9 Å². The lowest BCUT2D eigenvalue weighted by Crippen LogP contribution is -2.34. The number of nitrogens with one attached hydrogen (secondary N) is 1. The molecule has 0 radical (unpaired) electrons. The summed E-state index contributed by atoms with van der Waals surface area (Å²) in [5, 5.41) is 2.69.